The number of aryl methyl sites for hydroxylation is 1. The van der Waals surface area contributed by atoms with Gasteiger partial charge in [0.25, 0.3) is 10.1 Å². The molecule has 2 aliphatic rings. The summed E-state index contributed by atoms with van der Waals surface area (Å²) in [5.74, 6) is 0.0915. The van der Waals surface area contributed by atoms with E-state index in [-0.39, 0.29) is 18.9 Å². The zero-order valence-corrected chi connectivity index (χ0v) is 14.2. The number of ether oxygens (including phenoxy) is 1. The van der Waals surface area contributed by atoms with Crippen LogP contribution in [0.2, 0.25) is 0 Å². The van der Waals surface area contributed by atoms with Crippen LogP contribution in [-0.2, 0) is 25.5 Å². The number of Topliss-reactive ketones (excluding diaryl/α,β-unsaturated/α-hetero) is 1. The standard InChI is InChI=1S/C16H19NO6S/c1-24(20,21)22-10-13-9-17(16(19)23-13)12-7-6-11-4-2-3-5-15(18)14(11)8-12/h6-8,13H,2-5,9-10H2,1H3. The number of rotatable bonds is 4. The number of amides is 1. The van der Waals surface area contributed by atoms with Gasteiger partial charge in [-0.1, -0.05) is 6.07 Å². The van der Waals surface area contributed by atoms with Crippen LogP contribution in [0.3, 0.4) is 0 Å². The van der Waals surface area contributed by atoms with E-state index in [1.807, 2.05) is 6.07 Å². The summed E-state index contributed by atoms with van der Waals surface area (Å²) in [6, 6.07) is 5.39. The van der Waals surface area contributed by atoms with Crippen molar-refractivity contribution < 1.29 is 26.9 Å². The second kappa shape index (κ2) is 6.52. The molecule has 0 spiro atoms. The second-order valence-corrected chi connectivity index (χ2v) is 7.72. The Morgan fingerprint density at radius 2 is 2.00 bits per heavy atom. The summed E-state index contributed by atoms with van der Waals surface area (Å²) in [5.41, 5.74) is 2.25. The number of hydrogen-bond donors (Lipinski definition) is 0. The van der Waals surface area contributed by atoms with Crippen LogP contribution in [-0.4, -0.2) is 45.8 Å². The minimum Gasteiger partial charge on any atom is -0.441 e. The zero-order chi connectivity index (χ0) is 17.3. The van der Waals surface area contributed by atoms with Gasteiger partial charge in [0.15, 0.2) is 5.78 Å². The van der Waals surface area contributed by atoms with Gasteiger partial charge < -0.3 is 4.74 Å². The van der Waals surface area contributed by atoms with E-state index in [0.717, 1.165) is 31.1 Å². The lowest BCUT2D eigenvalue weighted by Crippen LogP contribution is -2.26. The van der Waals surface area contributed by atoms with Gasteiger partial charge in [-0.25, -0.2) is 4.79 Å². The summed E-state index contributed by atoms with van der Waals surface area (Å²) >= 11 is 0. The average molecular weight is 353 g/mol. The molecule has 1 aromatic rings. The van der Waals surface area contributed by atoms with E-state index >= 15 is 0 Å². The third kappa shape index (κ3) is 3.76. The van der Waals surface area contributed by atoms with Crippen molar-refractivity contribution in [2.45, 2.75) is 31.8 Å². The topological polar surface area (TPSA) is 90.0 Å². The number of carbonyl (C=O) groups is 2. The van der Waals surface area contributed by atoms with Crippen molar-refractivity contribution in [3.05, 3.63) is 29.3 Å². The van der Waals surface area contributed by atoms with Gasteiger partial charge in [-0.15, -0.1) is 0 Å². The number of hydrogen-bond acceptors (Lipinski definition) is 6. The van der Waals surface area contributed by atoms with Gasteiger partial charge in [-0.05, 0) is 37.0 Å². The maximum absolute atomic E-state index is 12.2. The monoisotopic (exact) mass is 353 g/mol. The molecule has 0 radical (unpaired) electrons. The summed E-state index contributed by atoms with van der Waals surface area (Å²) in [4.78, 5) is 25.6. The number of ketones is 1. The summed E-state index contributed by atoms with van der Waals surface area (Å²) in [6.07, 6.45) is 2.94. The van der Waals surface area contributed by atoms with E-state index in [2.05, 4.69) is 4.18 Å². The first-order chi connectivity index (χ1) is 11.3. The second-order valence-electron chi connectivity index (χ2n) is 6.08. The van der Waals surface area contributed by atoms with Crippen molar-refractivity contribution >= 4 is 27.7 Å². The highest BCUT2D eigenvalue weighted by Gasteiger charge is 2.33. The molecule has 7 nitrogen and oxygen atoms in total. The predicted octanol–water partition coefficient (Wildman–Crippen LogP) is 1.90. The molecule has 1 saturated heterocycles. The van der Waals surface area contributed by atoms with Crippen LogP contribution in [0.15, 0.2) is 18.2 Å². The summed E-state index contributed by atoms with van der Waals surface area (Å²) in [6.45, 7) is -0.0354. The molecule has 1 atom stereocenters. The molecule has 130 valence electrons. The SMILES string of the molecule is CS(=O)(=O)OCC1CN(c2ccc3c(c2)C(=O)CCCC3)C(=O)O1. The Balaban J connectivity index is 1.77. The smallest absolute Gasteiger partial charge is 0.414 e. The zero-order valence-electron chi connectivity index (χ0n) is 13.4. The Hall–Kier alpha value is -1.93. The van der Waals surface area contributed by atoms with Gasteiger partial charge in [-0.2, -0.15) is 8.42 Å². The van der Waals surface area contributed by atoms with Gasteiger partial charge in [0.1, 0.15) is 12.7 Å². The summed E-state index contributed by atoms with van der Waals surface area (Å²) in [7, 11) is -3.59. The predicted molar refractivity (Wildman–Crippen MR) is 86.7 cm³/mol. The van der Waals surface area contributed by atoms with Crippen LogP contribution in [0.1, 0.15) is 35.2 Å². The lowest BCUT2D eigenvalue weighted by Gasteiger charge is -2.15. The minimum atomic E-state index is -3.59. The molecule has 1 aliphatic carbocycles. The highest BCUT2D eigenvalue weighted by atomic mass is 32.2. The van der Waals surface area contributed by atoms with E-state index in [1.54, 1.807) is 12.1 Å². The number of nitrogens with zero attached hydrogens (tertiary/aromatic N) is 1. The maximum Gasteiger partial charge on any atom is 0.414 e. The van der Waals surface area contributed by atoms with Crippen LogP contribution in [0.5, 0.6) is 0 Å². The largest absolute Gasteiger partial charge is 0.441 e. The molecular weight excluding hydrogens is 334 g/mol. The summed E-state index contributed by atoms with van der Waals surface area (Å²) in [5, 5.41) is 0. The van der Waals surface area contributed by atoms with Crippen molar-refractivity contribution in [3.8, 4) is 0 Å². The fourth-order valence-corrected chi connectivity index (χ4v) is 3.36. The first-order valence-electron chi connectivity index (χ1n) is 7.82. The molecule has 0 saturated carbocycles. The van der Waals surface area contributed by atoms with Crippen molar-refractivity contribution in [2.75, 3.05) is 24.3 Å². The molecule has 0 N–H and O–H groups in total. The van der Waals surface area contributed by atoms with Gasteiger partial charge >= 0.3 is 6.09 Å². The molecule has 0 bridgehead atoms. The number of fused-ring (bicyclic) bond motifs is 1. The highest BCUT2D eigenvalue weighted by Crippen LogP contribution is 2.28. The molecule has 1 heterocycles. The lowest BCUT2D eigenvalue weighted by atomic mass is 10.0. The molecule has 3 rings (SSSR count). The molecule has 24 heavy (non-hydrogen) atoms. The molecule has 1 aromatic carbocycles. The summed E-state index contributed by atoms with van der Waals surface area (Å²) < 4.78 is 31.9. The Kier molecular flexibility index (Phi) is 4.60. The third-order valence-corrected chi connectivity index (χ3v) is 4.71. The van der Waals surface area contributed by atoms with Crippen LogP contribution in [0, 0.1) is 0 Å². The molecule has 1 unspecified atom stereocenters. The molecule has 1 fully saturated rings. The highest BCUT2D eigenvalue weighted by molar-refractivity contribution is 7.85. The Bertz CT molecular complexity index is 773. The van der Waals surface area contributed by atoms with Crippen LogP contribution in [0.25, 0.3) is 0 Å². The molecule has 0 aromatic heterocycles. The van der Waals surface area contributed by atoms with Gasteiger partial charge in [0, 0.05) is 17.7 Å². The number of cyclic esters (lactones) is 1. The average Bonchev–Trinajstić information content (AvgIpc) is 2.79. The fourth-order valence-electron chi connectivity index (χ4n) is 2.96. The fraction of sp³-hybridized carbons (Fsp3) is 0.500. The van der Waals surface area contributed by atoms with Crippen molar-refractivity contribution in [1.29, 1.82) is 0 Å². The Labute approximate surface area is 140 Å². The molecule has 1 amide bonds. The van der Waals surface area contributed by atoms with E-state index in [0.29, 0.717) is 17.7 Å². The van der Waals surface area contributed by atoms with Crippen LogP contribution >= 0.6 is 0 Å². The van der Waals surface area contributed by atoms with E-state index in [9.17, 15) is 18.0 Å². The van der Waals surface area contributed by atoms with Crippen molar-refractivity contribution in [1.82, 2.24) is 0 Å². The Morgan fingerprint density at radius 3 is 2.75 bits per heavy atom. The van der Waals surface area contributed by atoms with Crippen LogP contribution in [0.4, 0.5) is 10.5 Å². The van der Waals surface area contributed by atoms with Gasteiger partial charge in [0.05, 0.1) is 12.8 Å². The first kappa shape index (κ1) is 16.9. The lowest BCUT2D eigenvalue weighted by molar-refractivity contribution is 0.0981. The Morgan fingerprint density at radius 1 is 1.25 bits per heavy atom. The van der Waals surface area contributed by atoms with Crippen LogP contribution < -0.4 is 4.90 Å². The van der Waals surface area contributed by atoms with Gasteiger partial charge in [0.2, 0.25) is 0 Å². The first-order valence-corrected chi connectivity index (χ1v) is 9.64. The maximum atomic E-state index is 12.2. The van der Waals surface area contributed by atoms with E-state index in [1.165, 1.54) is 4.90 Å². The molecular formula is C16H19NO6S. The number of carbonyl (C=O) groups excluding carboxylic acids is 2. The number of benzene rings is 1. The van der Waals surface area contributed by atoms with Crippen molar-refractivity contribution in [3.63, 3.8) is 0 Å². The third-order valence-electron chi connectivity index (χ3n) is 4.15. The van der Waals surface area contributed by atoms with Crippen molar-refractivity contribution in [2.24, 2.45) is 0 Å². The van der Waals surface area contributed by atoms with Gasteiger partial charge in [-0.3, -0.25) is 13.9 Å². The quantitative estimate of drug-likeness (QED) is 0.607. The normalized spacial score (nSPS) is 21.4. The van der Waals surface area contributed by atoms with E-state index < -0.39 is 22.3 Å². The molecule has 1 aliphatic heterocycles. The molecule has 8 heteroatoms. The number of anilines is 1. The van der Waals surface area contributed by atoms with E-state index in [4.69, 9.17) is 4.74 Å². The minimum absolute atomic E-state index is 0.0915.